The van der Waals surface area contributed by atoms with Gasteiger partial charge < -0.3 is 0 Å². The first-order valence-corrected chi connectivity index (χ1v) is 19.7. The Morgan fingerprint density at radius 2 is 1.04 bits per heavy atom. The average Bonchev–Trinajstić information content (AvgIpc) is 3.68. The van der Waals surface area contributed by atoms with Crippen LogP contribution in [0.2, 0.25) is 0 Å². The zero-order valence-electron chi connectivity index (χ0n) is 35.3. The molecule has 5 rings (SSSR count). The van der Waals surface area contributed by atoms with Crippen LogP contribution >= 0.6 is 11.3 Å². The molecule has 1 aromatic heterocycles. The van der Waals surface area contributed by atoms with Crippen molar-refractivity contribution in [1.82, 2.24) is 0 Å². The molecule has 2 aliphatic carbocycles. The van der Waals surface area contributed by atoms with Crippen LogP contribution in [-0.4, -0.2) is 149 Å². The standard InChI is InChI=1S/C31H43B19S/c1-2-6(32)15(36)14(35)5(3-4-12(33)22(43)28(49)23(44)13(4)34)30-10-11(21(42)25(46)20(10)41)31(51-30)9-7(16(37)24(45)19(9)40)8-17(38)26(47)29(50)27(48)18(8)39/h1,7,21H,3,32-50H2/b14-5-,15-6-. The van der Waals surface area contributed by atoms with Gasteiger partial charge in [0, 0.05) is 15.7 Å². The van der Waals surface area contributed by atoms with Gasteiger partial charge in [-0.25, -0.2) is 0 Å². The SMILES string of the molecule is BC1=C(B)C(c2c(B)c(B)c(B)c(B)c2B)C(c2sc(/C(Cc3c(B)c(B)c(B)c(B)c3B)=C(B)/C(B)=C(/B)C#C)c3c2C(B)C(B)=C3B)=C1B. The van der Waals surface area contributed by atoms with Gasteiger partial charge in [0.05, 0.1) is 0 Å². The van der Waals surface area contributed by atoms with Gasteiger partial charge in [-0.05, 0) is 40.0 Å². The van der Waals surface area contributed by atoms with Crippen molar-refractivity contribution >= 4 is 232 Å². The fraction of sp³-hybridized carbons (Fsp3) is 0.0968. The van der Waals surface area contributed by atoms with Crippen LogP contribution in [-0.2, 0) is 6.42 Å². The van der Waals surface area contributed by atoms with Crippen molar-refractivity contribution in [3.63, 3.8) is 0 Å². The van der Waals surface area contributed by atoms with E-state index >= 15 is 0 Å². The summed E-state index contributed by atoms with van der Waals surface area (Å²) in [6.45, 7) is 0. The smallest absolute Gasteiger partial charge is 0.135 e. The first kappa shape index (κ1) is 39.8. The lowest BCUT2D eigenvalue weighted by Crippen LogP contribution is -2.56. The first-order chi connectivity index (χ1) is 23.7. The van der Waals surface area contributed by atoms with Crippen LogP contribution < -0.4 is 54.6 Å². The summed E-state index contributed by atoms with van der Waals surface area (Å²) in [5, 5.41) is 0. The van der Waals surface area contributed by atoms with E-state index in [1.165, 1.54) is 136 Å². The molecule has 2 aromatic carbocycles. The number of hydrogen-bond donors (Lipinski definition) is 0. The minimum Gasteiger partial charge on any atom is -0.135 e. The van der Waals surface area contributed by atoms with Crippen LogP contribution in [0.15, 0.2) is 38.3 Å². The third-order valence-corrected chi connectivity index (χ3v) is 15.7. The van der Waals surface area contributed by atoms with Gasteiger partial charge in [-0.3, -0.25) is 0 Å². The zero-order chi connectivity index (χ0) is 38.3. The summed E-state index contributed by atoms with van der Waals surface area (Å²) in [5.74, 6) is 3.59. The Bertz CT molecular complexity index is 2240. The van der Waals surface area contributed by atoms with E-state index in [9.17, 15) is 0 Å². The number of thiophene rings is 1. The van der Waals surface area contributed by atoms with Gasteiger partial charge in [-0.1, -0.05) is 60.8 Å². The summed E-state index contributed by atoms with van der Waals surface area (Å²) in [7, 11) is 44.2. The molecule has 2 atom stereocenters. The van der Waals surface area contributed by atoms with Crippen LogP contribution in [0.5, 0.6) is 0 Å². The second-order valence-electron chi connectivity index (χ2n) is 16.2. The predicted octanol–water partition coefficient (Wildman–Crippen LogP) is -18.7. The van der Waals surface area contributed by atoms with Crippen molar-refractivity contribution in [2.24, 2.45) is 0 Å². The van der Waals surface area contributed by atoms with Gasteiger partial charge in [0.15, 0.2) is 0 Å². The Hall–Kier alpha value is -2.37. The van der Waals surface area contributed by atoms with E-state index < -0.39 is 0 Å². The summed E-state index contributed by atoms with van der Waals surface area (Å²) in [5.41, 5.74) is 34.1. The van der Waals surface area contributed by atoms with Gasteiger partial charge >= 0.3 is 0 Å². The number of hydrogen-bond acceptors (Lipinski definition) is 1. The molecule has 1 heterocycles. The molecule has 230 valence electrons. The summed E-state index contributed by atoms with van der Waals surface area (Å²) in [6.07, 6.45) is 6.95. The molecule has 0 spiro atoms. The lowest BCUT2D eigenvalue weighted by Gasteiger charge is -2.28. The maximum atomic E-state index is 6.06. The Kier molecular flexibility index (Phi) is 11.3. The lowest BCUT2D eigenvalue weighted by atomic mass is 9.57. The van der Waals surface area contributed by atoms with Gasteiger partial charge in [0.2, 0.25) is 0 Å². The fourth-order valence-electron chi connectivity index (χ4n) is 9.17. The molecular weight excluding hydrogens is 610 g/mol. The second kappa shape index (κ2) is 14.5. The normalized spacial score (nSPS) is 18.2. The van der Waals surface area contributed by atoms with Crippen LogP contribution in [0.1, 0.15) is 43.7 Å². The third kappa shape index (κ3) is 6.09. The highest BCUT2D eigenvalue weighted by molar-refractivity contribution is 7.15. The molecule has 0 nitrogen and oxygen atoms in total. The highest BCUT2D eigenvalue weighted by Crippen LogP contribution is 2.55. The second-order valence-corrected chi connectivity index (χ2v) is 17.2. The minimum absolute atomic E-state index is 0.248. The molecule has 2 aliphatic rings. The van der Waals surface area contributed by atoms with Crippen molar-refractivity contribution in [3.8, 4) is 12.3 Å². The highest BCUT2D eigenvalue weighted by Gasteiger charge is 2.39. The summed E-state index contributed by atoms with van der Waals surface area (Å²) >= 11 is 2.06. The Morgan fingerprint density at radius 1 is 0.569 bits per heavy atom. The lowest BCUT2D eigenvalue weighted by molar-refractivity contribution is 1.12. The van der Waals surface area contributed by atoms with E-state index in [1.807, 2.05) is 0 Å². The molecule has 0 N–H and O–H groups in total. The van der Waals surface area contributed by atoms with E-state index in [2.05, 4.69) is 166 Å². The number of fused-ring (bicyclic) bond motifs is 1. The molecule has 0 amide bonds. The topological polar surface area (TPSA) is 0 Å². The Labute approximate surface area is 330 Å². The van der Waals surface area contributed by atoms with Gasteiger partial charge in [-0.2, -0.15) is 0 Å². The number of terminal acetylenes is 1. The summed E-state index contributed by atoms with van der Waals surface area (Å²) in [6, 6.07) is 0. The van der Waals surface area contributed by atoms with Crippen LogP contribution in [0.3, 0.4) is 0 Å². The maximum absolute atomic E-state index is 6.06. The predicted molar refractivity (Wildman–Crippen MR) is 289 cm³/mol. The van der Waals surface area contributed by atoms with Gasteiger partial charge in [0.25, 0.3) is 0 Å². The Balaban J connectivity index is 1.91. The Morgan fingerprint density at radius 3 is 1.53 bits per heavy atom. The minimum atomic E-state index is 0.248. The summed E-state index contributed by atoms with van der Waals surface area (Å²) in [4.78, 5) is 2.92. The highest BCUT2D eigenvalue weighted by atomic mass is 32.1. The van der Waals surface area contributed by atoms with Crippen molar-refractivity contribution in [1.29, 1.82) is 0 Å². The van der Waals surface area contributed by atoms with E-state index in [-0.39, 0.29) is 5.92 Å². The molecular formula is C31H43B19S. The van der Waals surface area contributed by atoms with Gasteiger partial charge in [0.1, 0.15) is 149 Å². The number of allylic oxidation sites excluding steroid dienone is 9. The molecule has 0 radical (unpaired) electrons. The quantitative estimate of drug-likeness (QED) is 0.141. The van der Waals surface area contributed by atoms with Crippen LogP contribution in [0.4, 0.5) is 0 Å². The van der Waals surface area contributed by atoms with Gasteiger partial charge in [-0.15, -0.1) is 67.0 Å². The van der Waals surface area contributed by atoms with Crippen molar-refractivity contribution in [2.45, 2.75) is 18.2 Å². The van der Waals surface area contributed by atoms with E-state index in [0.29, 0.717) is 5.82 Å². The fourth-order valence-corrected chi connectivity index (χ4v) is 10.9. The molecule has 20 heteroatoms. The average molecular weight is 653 g/mol. The monoisotopic (exact) mass is 656 g/mol. The maximum Gasteiger partial charge on any atom is 0.149 e. The van der Waals surface area contributed by atoms with Crippen LogP contribution in [0.25, 0.3) is 16.6 Å². The van der Waals surface area contributed by atoms with Crippen molar-refractivity contribution < 1.29 is 0 Å². The zero-order valence-corrected chi connectivity index (χ0v) is 36.2. The molecule has 0 fully saturated rings. The molecule has 0 saturated carbocycles. The largest absolute Gasteiger partial charge is 0.149 e. The first-order valence-electron chi connectivity index (χ1n) is 18.9. The van der Waals surface area contributed by atoms with Crippen molar-refractivity contribution in [2.75, 3.05) is 0 Å². The molecule has 2 unspecified atom stereocenters. The molecule has 0 aliphatic heterocycles. The van der Waals surface area contributed by atoms with E-state index in [1.54, 1.807) is 0 Å². The van der Waals surface area contributed by atoms with E-state index in [4.69, 9.17) is 6.42 Å². The molecule has 51 heavy (non-hydrogen) atoms. The van der Waals surface area contributed by atoms with Crippen molar-refractivity contribution in [3.05, 3.63) is 70.3 Å². The number of benzene rings is 2. The molecule has 0 saturated heterocycles. The van der Waals surface area contributed by atoms with Crippen LogP contribution in [0, 0.1) is 12.3 Å². The third-order valence-electron chi connectivity index (χ3n) is 14.4. The number of rotatable bonds is 6. The van der Waals surface area contributed by atoms with E-state index in [0.717, 1.165) is 11.9 Å². The summed E-state index contributed by atoms with van der Waals surface area (Å²) < 4.78 is 0. The molecule has 3 aromatic rings. The molecule has 0 bridgehead atoms.